The Morgan fingerprint density at radius 2 is 1.92 bits per heavy atom. The van der Waals surface area contributed by atoms with Crippen LogP contribution in [-0.4, -0.2) is 38.5 Å². The van der Waals surface area contributed by atoms with Gasteiger partial charge >= 0.3 is 0 Å². The minimum Gasteiger partial charge on any atom is -0.362 e. The van der Waals surface area contributed by atoms with Gasteiger partial charge in [0.25, 0.3) is 0 Å². The van der Waals surface area contributed by atoms with Gasteiger partial charge in [-0.2, -0.15) is 0 Å². The zero-order valence-corrected chi connectivity index (χ0v) is 8.76. The summed E-state index contributed by atoms with van der Waals surface area (Å²) < 4.78 is 0. The van der Waals surface area contributed by atoms with Crippen LogP contribution in [0.15, 0.2) is 0 Å². The molecule has 0 saturated heterocycles. The van der Waals surface area contributed by atoms with Crippen molar-refractivity contribution in [3.8, 4) is 0 Å². The van der Waals surface area contributed by atoms with Crippen molar-refractivity contribution in [2.75, 3.05) is 27.2 Å². The number of nitrogens with zero attached hydrogens (tertiary/aromatic N) is 1. The van der Waals surface area contributed by atoms with E-state index >= 15 is 0 Å². The van der Waals surface area contributed by atoms with E-state index in [0.29, 0.717) is 6.41 Å². The molecule has 1 N–H and O–H groups in total. The summed E-state index contributed by atoms with van der Waals surface area (Å²) in [7, 11) is 3.72. The molecule has 0 radical (unpaired) electrons. The molecular weight excluding hydrogens is 152 g/mol. The second kappa shape index (κ2) is 13.1. The Morgan fingerprint density at radius 1 is 1.42 bits per heavy atom. The molecule has 12 heavy (non-hydrogen) atoms. The first-order valence-electron chi connectivity index (χ1n) is 4.52. The zero-order chi connectivity index (χ0) is 9.82. The normalized spacial score (nSPS) is 8.75. The van der Waals surface area contributed by atoms with Crippen molar-refractivity contribution < 1.29 is 4.79 Å². The predicted molar refractivity (Wildman–Crippen MR) is 53.2 cm³/mol. The monoisotopic (exact) mass is 174 g/mol. The summed E-state index contributed by atoms with van der Waals surface area (Å²) in [5, 5.41) is 2.25. The molecule has 0 aromatic rings. The fourth-order valence-electron chi connectivity index (χ4n) is 0.586. The van der Waals surface area contributed by atoms with Gasteiger partial charge in [0.15, 0.2) is 0 Å². The fourth-order valence-corrected chi connectivity index (χ4v) is 0.586. The van der Waals surface area contributed by atoms with Crippen LogP contribution in [0.25, 0.3) is 0 Å². The lowest BCUT2D eigenvalue weighted by molar-refractivity contribution is -0.109. The first-order chi connectivity index (χ1) is 5.72. The number of rotatable bonds is 5. The van der Waals surface area contributed by atoms with Gasteiger partial charge in [0.2, 0.25) is 6.41 Å². The van der Waals surface area contributed by atoms with Gasteiger partial charge in [-0.3, -0.25) is 4.79 Å². The Morgan fingerprint density at radius 3 is 2.17 bits per heavy atom. The largest absolute Gasteiger partial charge is 0.362 e. The summed E-state index contributed by atoms with van der Waals surface area (Å²) in [4.78, 5) is 11.4. The minimum atomic E-state index is 0.625. The summed E-state index contributed by atoms with van der Waals surface area (Å²) in [6.07, 6.45) is 3.27. The van der Waals surface area contributed by atoms with Crippen molar-refractivity contribution in [2.24, 2.45) is 0 Å². The van der Waals surface area contributed by atoms with Gasteiger partial charge in [-0.1, -0.05) is 20.3 Å². The van der Waals surface area contributed by atoms with E-state index in [4.69, 9.17) is 4.79 Å². The van der Waals surface area contributed by atoms with Gasteiger partial charge in [0.05, 0.1) is 0 Å². The molecule has 0 spiro atoms. The second-order valence-corrected chi connectivity index (χ2v) is 2.66. The summed E-state index contributed by atoms with van der Waals surface area (Å²) in [5.41, 5.74) is 0. The van der Waals surface area contributed by atoms with Gasteiger partial charge in [0.1, 0.15) is 0 Å². The Labute approximate surface area is 76.1 Å². The maximum Gasteiger partial charge on any atom is 0.206 e. The van der Waals surface area contributed by atoms with Crippen LogP contribution in [0.4, 0.5) is 0 Å². The van der Waals surface area contributed by atoms with E-state index in [9.17, 15) is 0 Å². The third-order valence-electron chi connectivity index (χ3n) is 1.55. The molecule has 0 heterocycles. The van der Waals surface area contributed by atoms with Crippen LogP contribution in [0.2, 0.25) is 0 Å². The number of unbranched alkanes of at least 4 members (excludes halogenated alkanes) is 1. The highest BCUT2D eigenvalue weighted by molar-refractivity contribution is 5.44. The van der Waals surface area contributed by atoms with E-state index in [1.54, 1.807) is 7.05 Å². The van der Waals surface area contributed by atoms with Crippen molar-refractivity contribution in [2.45, 2.75) is 26.7 Å². The standard InChI is InChI=1S/C7H17N.C2H5NO/c1-4-6-7-8(3)5-2;1-3-2-4/h4-7H2,1-3H3;2H,1H3,(H,3,4). The Hall–Kier alpha value is -0.570. The van der Waals surface area contributed by atoms with E-state index in [1.807, 2.05) is 0 Å². The molecule has 0 aliphatic carbocycles. The van der Waals surface area contributed by atoms with Crippen molar-refractivity contribution in [1.29, 1.82) is 0 Å². The van der Waals surface area contributed by atoms with Crippen LogP contribution < -0.4 is 5.32 Å². The number of hydrogen-bond acceptors (Lipinski definition) is 2. The van der Waals surface area contributed by atoms with Gasteiger partial charge in [0, 0.05) is 7.05 Å². The average molecular weight is 174 g/mol. The minimum absolute atomic E-state index is 0.625. The molecule has 1 amide bonds. The van der Waals surface area contributed by atoms with E-state index < -0.39 is 0 Å². The molecule has 0 unspecified atom stereocenters. The number of hydrogen-bond donors (Lipinski definition) is 1. The van der Waals surface area contributed by atoms with Crippen LogP contribution in [0.3, 0.4) is 0 Å². The van der Waals surface area contributed by atoms with Gasteiger partial charge < -0.3 is 10.2 Å². The molecule has 0 bridgehead atoms. The Bertz CT molecular complexity index is 86.6. The molecular formula is C9H22N2O. The molecule has 0 fully saturated rings. The molecule has 0 aromatic heterocycles. The SMILES string of the molecule is CCCCN(C)CC.CNC=O. The first kappa shape index (κ1) is 14.0. The van der Waals surface area contributed by atoms with Crippen LogP contribution >= 0.6 is 0 Å². The summed E-state index contributed by atoms with van der Waals surface area (Å²) in [6.45, 7) is 6.85. The van der Waals surface area contributed by atoms with Gasteiger partial charge in [-0.25, -0.2) is 0 Å². The first-order valence-corrected chi connectivity index (χ1v) is 4.52. The number of amides is 1. The molecule has 74 valence electrons. The van der Waals surface area contributed by atoms with E-state index in [1.165, 1.54) is 25.9 Å². The van der Waals surface area contributed by atoms with Crippen LogP contribution in [-0.2, 0) is 4.79 Å². The van der Waals surface area contributed by atoms with Crippen molar-refractivity contribution in [1.82, 2.24) is 10.2 Å². The third-order valence-corrected chi connectivity index (χ3v) is 1.55. The topological polar surface area (TPSA) is 32.3 Å². The van der Waals surface area contributed by atoms with E-state index in [2.05, 4.69) is 31.1 Å². The fraction of sp³-hybridized carbons (Fsp3) is 0.889. The van der Waals surface area contributed by atoms with Crippen LogP contribution in [0.5, 0.6) is 0 Å². The summed E-state index contributed by atoms with van der Waals surface area (Å²) >= 11 is 0. The van der Waals surface area contributed by atoms with Gasteiger partial charge in [-0.15, -0.1) is 0 Å². The summed E-state index contributed by atoms with van der Waals surface area (Å²) in [6, 6.07) is 0. The van der Waals surface area contributed by atoms with Crippen molar-refractivity contribution in [3.05, 3.63) is 0 Å². The quantitative estimate of drug-likeness (QED) is 0.633. The molecule has 0 atom stereocenters. The zero-order valence-electron chi connectivity index (χ0n) is 8.76. The summed E-state index contributed by atoms with van der Waals surface area (Å²) in [5.74, 6) is 0. The van der Waals surface area contributed by atoms with E-state index in [-0.39, 0.29) is 0 Å². The molecule has 0 saturated carbocycles. The highest BCUT2D eigenvalue weighted by Gasteiger charge is 1.89. The highest BCUT2D eigenvalue weighted by Crippen LogP contribution is 1.89. The van der Waals surface area contributed by atoms with Crippen LogP contribution in [0, 0.1) is 0 Å². The molecule has 0 aromatic carbocycles. The number of carbonyl (C=O) groups is 1. The number of nitrogens with one attached hydrogen (secondary N) is 1. The molecule has 3 nitrogen and oxygen atoms in total. The smallest absolute Gasteiger partial charge is 0.206 e. The average Bonchev–Trinajstić information content (AvgIpc) is 2.14. The van der Waals surface area contributed by atoms with Crippen LogP contribution in [0.1, 0.15) is 26.7 Å². The lowest BCUT2D eigenvalue weighted by Crippen LogP contribution is -2.18. The Kier molecular flexibility index (Phi) is 15.2. The van der Waals surface area contributed by atoms with Crippen molar-refractivity contribution in [3.63, 3.8) is 0 Å². The molecule has 0 rings (SSSR count). The maximum atomic E-state index is 9.06. The van der Waals surface area contributed by atoms with Gasteiger partial charge in [-0.05, 0) is 26.6 Å². The van der Waals surface area contributed by atoms with Crippen molar-refractivity contribution >= 4 is 6.41 Å². The number of carbonyl (C=O) groups excluding carboxylic acids is 1. The predicted octanol–water partition coefficient (Wildman–Crippen LogP) is 1.10. The maximum absolute atomic E-state index is 9.06. The Balaban J connectivity index is 0. The van der Waals surface area contributed by atoms with E-state index in [0.717, 1.165) is 0 Å². The lowest BCUT2D eigenvalue weighted by Gasteiger charge is -2.11. The molecule has 0 aliphatic rings. The third kappa shape index (κ3) is 16.2. The molecule has 0 aliphatic heterocycles. The molecule has 3 heteroatoms. The second-order valence-electron chi connectivity index (χ2n) is 2.66. The highest BCUT2D eigenvalue weighted by atomic mass is 16.1. The lowest BCUT2D eigenvalue weighted by atomic mass is 10.3.